The molecule has 0 aliphatic rings. The summed E-state index contributed by atoms with van der Waals surface area (Å²) in [5, 5.41) is 4.74. The van der Waals surface area contributed by atoms with Crippen molar-refractivity contribution in [2.75, 3.05) is 18.5 Å². The number of ether oxygens (including phenoxy) is 1. The molecule has 7 heteroatoms. The van der Waals surface area contributed by atoms with Crippen molar-refractivity contribution in [1.29, 1.82) is 0 Å². The molecular weight excluding hydrogens is 258 g/mol. The van der Waals surface area contributed by atoms with Gasteiger partial charge in [0, 0.05) is 24.7 Å². The minimum atomic E-state index is -1.04. The third kappa shape index (κ3) is 5.33. The zero-order valence-corrected chi connectivity index (χ0v) is 10.3. The van der Waals surface area contributed by atoms with Gasteiger partial charge in [0.2, 0.25) is 5.91 Å². The summed E-state index contributed by atoms with van der Waals surface area (Å²) in [7, 11) is 0. The van der Waals surface area contributed by atoms with Gasteiger partial charge >= 0.3 is 6.09 Å². The number of rotatable bonds is 5. The molecule has 0 aromatic heterocycles. The third-order valence-electron chi connectivity index (χ3n) is 2.10. The highest BCUT2D eigenvalue weighted by molar-refractivity contribution is 5.91. The van der Waals surface area contributed by atoms with Crippen molar-refractivity contribution in [2.45, 2.75) is 13.3 Å². The Morgan fingerprint density at radius 3 is 2.63 bits per heavy atom. The van der Waals surface area contributed by atoms with E-state index in [1.54, 1.807) is 6.92 Å². The van der Waals surface area contributed by atoms with Crippen LogP contribution in [-0.4, -0.2) is 25.2 Å². The van der Waals surface area contributed by atoms with Gasteiger partial charge in [-0.05, 0) is 19.1 Å². The summed E-state index contributed by atoms with van der Waals surface area (Å²) < 4.78 is 30.1. The Hall–Kier alpha value is -2.18. The average molecular weight is 272 g/mol. The van der Waals surface area contributed by atoms with Crippen LogP contribution in [-0.2, 0) is 9.53 Å². The number of hydrogen-bond acceptors (Lipinski definition) is 3. The molecule has 1 aromatic carbocycles. The van der Waals surface area contributed by atoms with Crippen molar-refractivity contribution in [3.63, 3.8) is 0 Å². The first-order chi connectivity index (χ1) is 9.02. The molecule has 104 valence electrons. The van der Waals surface area contributed by atoms with E-state index >= 15 is 0 Å². The first-order valence-electron chi connectivity index (χ1n) is 5.68. The quantitative estimate of drug-likeness (QED) is 0.862. The largest absolute Gasteiger partial charge is 0.450 e. The van der Waals surface area contributed by atoms with Crippen LogP contribution in [0.1, 0.15) is 13.3 Å². The second kappa shape index (κ2) is 7.30. The van der Waals surface area contributed by atoms with Gasteiger partial charge in [-0.15, -0.1) is 0 Å². The minimum absolute atomic E-state index is 0.00217. The number of carbonyl (C=O) groups is 2. The highest BCUT2D eigenvalue weighted by Crippen LogP contribution is 2.13. The number of alkyl carbamates (subject to hydrolysis) is 1. The van der Waals surface area contributed by atoms with E-state index in [9.17, 15) is 18.4 Å². The maximum atomic E-state index is 12.9. The molecule has 0 fully saturated rings. The zero-order chi connectivity index (χ0) is 14.3. The molecule has 19 heavy (non-hydrogen) atoms. The lowest BCUT2D eigenvalue weighted by Crippen LogP contribution is -2.28. The number of anilines is 1. The lowest BCUT2D eigenvalue weighted by Gasteiger charge is -2.07. The van der Waals surface area contributed by atoms with Crippen molar-refractivity contribution in [2.24, 2.45) is 0 Å². The topological polar surface area (TPSA) is 67.4 Å². The molecular formula is C12H14F2N2O3. The molecule has 0 aliphatic heterocycles. The summed E-state index contributed by atoms with van der Waals surface area (Å²) >= 11 is 0. The molecule has 0 bridgehead atoms. The standard InChI is InChI=1S/C12H14F2N2O3/c1-2-19-12(18)15-6-5-11(17)16-8-3-4-9(13)10(14)7-8/h3-4,7H,2,5-6H2,1H3,(H,15,18)(H,16,17). The lowest BCUT2D eigenvalue weighted by atomic mass is 10.3. The first-order valence-corrected chi connectivity index (χ1v) is 5.68. The Bertz CT molecular complexity index is 466. The maximum absolute atomic E-state index is 12.9. The van der Waals surface area contributed by atoms with E-state index in [1.165, 1.54) is 6.07 Å². The third-order valence-corrected chi connectivity index (χ3v) is 2.10. The van der Waals surface area contributed by atoms with Crippen molar-refractivity contribution in [3.05, 3.63) is 29.8 Å². The van der Waals surface area contributed by atoms with Gasteiger partial charge in [-0.3, -0.25) is 4.79 Å². The van der Waals surface area contributed by atoms with Crippen molar-refractivity contribution < 1.29 is 23.1 Å². The number of carbonyl (C=O) groups excluding carboxylic acids is 2. The highest BCUT2D eigenvalue weighted by atomic mass is 19.2. The highest BCUT2D eigenvalue weighted by Gasteiger charge is 2.07. The Labute approximate surface area is 108 Å². The average Bonchev–Trinajstić information content (AvgIpc) is 2.34. The number of nitrogens with one attached hydrogen (secondary N) is 2. The van der Waals surface area contributed by atoms with Crippen molar-refractivity contribution in [3.8, 4) is 0 Å². The molecule has 0 unspecified atom stereocenters. The van der Waals surface area contributed by atoms with Gasteiger partial charge < -0.3 is 15.4 Å². The molecule has 0 radical (unpaired) electrons. The molecule has 1 aromatic rings. The number of amides is 2. The van der Waals surface area contributed by atoms with Gasteiger partial charge in [0.15, 0.2) is 11.6 Å². The van der Waals surface area contributed by atoms with Crippen molar-refractivity contribution in [1.82, 2.24) is 5.32 Å². The van der Waals surface area contributed by atoms with Crippen LogP contribution in [0.4, 0.5) is 19.3 Å². The van der Waals surface area contributed by atoms with Crippen LogP contribution in [0.15, 0.2) is 18.2 Å². The van der Waals surface area contributed by atoms with E-state index < -0.39 is 23.6 Å². The second-order valence-electron chi connectivity index (χ2n) is 3.57. The molecule has 2 N–H and O–H groups in total. The fraction of sp³-hybridized carbons (Fsp3) is 0.333. The normalized spacial score (nSPS) is 9.84. The van der Waals surface area contributed by atoms with Crippen LogP contribution in [0.25, 0.3) is 0 Å². The SMILES string of the molecule is CCOC(=O)NCCC(=O)Nc1ccc(F)c(F)c1. The summed E-state index contributed by atoms with van der Waals surface area (Å²) in [5.41, 5.74) is 0.153. The van der Waals surface area contributed by atoms with E-state index in [-0.39, 0.29) is 25.3 Å². The van der Waals surface area contributed by atoms with E-state index in [2.05, 4.69) is 15.4 Å². The van der Waals surface area contributed by atoms with Crippen molar-refractivity contribution >= 4 is 17.7 Å². The van der Waals surface area contributed by atoms with Gasteiger partial charge in [-0.2, -0.15) is 0 Å². The van der Waals surface area contributed by atoms with Crippen LogP contribution in [0, 0.1) is 11.6 Å². The van der Waals surface area contributed by atoms with E-state index in [0.717, 1.165) is 12.1 Å². The molecule has 2 amide bonds. The summed E-state index contributed by atoms with van der Waals surface area (Å²) in [5.74, 6) is -2.45. The fourth-order valence-corrected chi connectivity index (χ4v) is 1.26. The lowest BCUT2D eigenvalue weighted by molar-refractivity contribution is -0.116. The van der Waals surface area contributed by atoms with E-state index in [0.29, 0.717) is 0 Å². The van der Waals surface area contributed by atoms with Gasteiger partial charge in [0.05, 0.1) is 6.61 Å². The molecule has 0 heterocycles. The van der Waals surface area contributed by atoms with Crippen LogP contribution in [0.5, 0.6) is 0 Å². The molecule has 0 saturated heterocycles. The second-order valence-corrected chi connectivity index (χ2v) is 3.57. The maximum Gasteiger partial charge on any atom is 0.407 e. The van der Waals surface area contributed by atoms with Crippen LogP contribution in [0.2, 0.25) is 0 Å². The molecule has 0 spiro atoms. The number of hydrogen-bond donors (Lipinski definition) is 2. The predicted molar refractivity (Wildman–Crippen MR) is 64.6 cm³/mol. The fourth-order valence-electron chi connectivity index (χ4n) is 1.26. The Morgan fingerprint density at radius 1 is 1.26 bits per heavy atom. The van der Waals surface area contributed by atoms with Gasteiger partial charge in [-0.1, -0.05) is 0 Å². The van der Waals surface area contributed by atoms with E-state index in [4.69, 9.17) is 0 Å². The smallest absolute Gasteiger partial charge is 0.407 e. The van der Waals surface area contributed by atoms with Gasteiger partial charge in [-0.25, -0.2) is 13.6 Å². The number of halogens is 2. The number of benzene rings is 1. The molecule has 5 nitrogen and oxygen atoms in total. The molecule has 1 rings (SSSR count). The Kier molecular flexibility index (Phi) is 5.72. The van der Waals surface area contributed by atoms with Crippen LogP contribution < -0.4 is 10.6 Å². The molecule has 0 atom stereocenters. The van der Waals surface area contributed by atoms with Crippen LogP contribution >= 0.6 is 0 Å². The summed E-state index contributed by atoms with van der Waals surface area (Å²) in [6.07, 6.45) is -0.610. The summed E-state index contributed by atoms with van der Waals surface area (Å²) in [6.45, 7) is 2.00. The first kappa shape index (κ1) is 14.9. The summed E-state index contributed by atoms with van der Waals surface area (Å²) in [6, 6.07) is 3.04. The Balaban J connectivity index is 2.35. The Morgan fingerprint density at radius 2 is 2.00 bits per heavy atom. The summed E-state index contributed by atoms with van der Waals surface area (Å²) in [4.78, 5) is 22.3. The molecule has 0 aliphatic carbocycles. The van der Waals surface area contributed by atoms with Gasteiger partial charge in [0.1, 0.15) is 0 Å². The monoisotopic (exact) mass is 272 g/mol. The molecule has 0 saturated carbocycles. The van der Waals surface area contributed by atoms with Crippen LogP contribution in [0.3, 0.4) is 0 Å². The van der Waals surface area contributed by atoms with Gasteiger partial charge in [0.25, 0.3) is 0 Å². The van der Waals surface area contributed by atoms with E-state index in [1.807, 2.05) is 0 Å². The predicted octanol–water partition coefficient (Wildman–Crippen LogP) is 2.04. The minimum Gasteiger partial charge on any atom is -0.450 e. The zero-order valence-electron chi connectivity index (χ0n) is 10.3.